The van der Waals surface area contributed by atoms with Crippen molar-refractivity contribution in [1.82, 2.24) is 0 Å². The number of nitrogens with zero attached hydrogens (tertiary/aromatic N) is 3. The number of rotatable bonds is 2. The van der Waals surface area contributed by atoms with Gasteiger partial charge in [0.2, 0.25) is 0 Å². The SMILES string of the molecule is [N-]=[N+]=NC(F)(F)C(F)(F)C(F)(F)F. The predicted molar refractivity (Wildman–Crippen MR) is 25.1 cm³/mol. The average Bonchev–Trinajstić information content (AvgIpc) is 1.84. The maximum atomic E-state index is 11.8. The van der Waals surface area contributed by atoms with Gasteiger partial charge in [-0.3, -0.25) is 0 Å². The van der Waals surface area contributed by atoms with E-state index in [1.807, 2.05) is 0 Å². The van der Waals surface area contributed by atoms with Crippen LogP contribution >= 0.6 is 0 Å². The lowest BCUT2D eigenvalue weighted by atomic mass is 10.3. The molecule has 0 atom stereocenters. The first-order valence-electron chi connectivity index (χ1n) is 2.45. The monoisotopic (exact) mass is 211 g/mol. The number of halogens is 7. The molecule has 13 heavy (non-hydrogen) atoms. The quantitative estimate of drug-likeness (QED) is 0.221. The molecule has 0 amide bonds. The topological polar surface area (TPSA) is 48.8 Å². The first kappa shape index (κ1) is 11.8. The van der Waals surface area contributed by atoms with E-state index in [-0.39, 0.29) is 0 Å². The fourth-order valence-electron chi connectivity index (χ4n) is 0.289. The summed E-state index contributed by atoms with van der Waals surface area (Å²) in [7, 11) is 0. The Morgan fingerprint density at radius 2 is 1.31 bits per heavy atom. The van der Waals surface area contributed by atoms with Gasteiger partial charge in [0, 0.05) is 4.91 Å². The molecule has 0 heterocycles. The van der Waals surface area contributed by atoms with E-state index in [0.717, 1.165) is 5.11 Å². The fourth-order valence-corrected chi connectivity index (χ4v) is 0.289. The van der Waals surface area contributed by atoms with Gasteiger partial charge in [0.05, 0.1) is 0 Å². The van der Waals surface area contributed by atoms with Crippen LogP contribution in [-0.4, -0.2) is 18.1 Å². The molecule has 0 unspecified atom stereocenters. The van der Waals surface area contributed by atoms with Crippen LogP contribution in [0, 0.1) is 0 Å². The molecule has 0 spiro atoms. The highest BCUT2D eigenvalue weighted by Gasteiger charge is 2.73. The summed E-state index contributed by atoms with van der Waals surface area (Å²) in [6.07, 6.45) is -6.47. The minimum Gasteiger partial charge on any atom is -0.193 e. The van der Waals surface area contributed by atoms with Crippen LogP contribution in [0.2, 0.25) is 0 Å². The Bertz CT molecular complexity index is 236. The third kappa shape index (κ3) is 1.94. The lowest BCUT2D eigenvalue weighted by Crippen LogP contribution is -2.50. The van der Waals surface area contributed by atoms with E-state index in [1.165, 1.54) is 4.91 Å². The highest BCUT2D eigenvalue weighted by molar-refractivity contribution is 4.89. The second-order valence-corrected chi connectivity index (χ2v) is 1.80. The van der Waals surface area contributed by atoms with E-state index in [4.69, 9.17) is 5.53 Å². The largest absolute Gasteiger partial charge is 0.460 e. The molecule has 0 rings (SSSR count). The molecule has 0 saturated heterocycles. The number of alkyl halides is 7. The molecular weight excluding hydrogens is 211 g/mol. The van der Waals surface area contributed by atoms with E-state index in [9.17, 15) is 30.7 Å². The molecule has 0 bridgehead atoms. The Morgan fingerprint density at radius 1 is 0.923 bits per heavy atom. The second kappa shape index (κ2) is 2.95. The molecule has 0 N–H and O–H groups in total. The summed E-state index contributed by atoms with van der Waals surface area (Å²) in [5, 5.41) is 1.07. The van der Waals surface area contributed by atoms with E-state index in [1.54, 1.807) is 0 Å². The lowest BCUT2D eigenvalue weighted by Gasteiger charge is -2.24. The molecule has 10 heteroatoms. The predicted octanol–water partition coefficient (Wildman–Crippen LogP) is 3.09. The highest BCUT2D eigenvalue weighted by atomic mass is 19.4. The maximum absolute atomic E-state index is 11.8. The van der Waals surface area contributed by atoms with Crippen molar-refractivity contribution >= 4 is 0 Å². The Labute approximate surface area is 65.8 Å². The van der Waals surface area contributed by atoms with Crippen molar-refractivity contribution in [1.29, 1.82) is 0 Å². The molecule has 0 saturated carbocycles. The van der Waals surface area contributed by atoms with Crippen molar-refractivity contribution in [3.05, 3.63) is 10.4 Å². The van der Waals surface area contributed by atoms with Crippen LogP contribution in [0.1, 0.15) is 0 Å². The summed E-state index contributed by atoms with van der Waals surface area (Å²) in [4.78, 5) is 1.18. The van der Waals surface area contributed by atoms with Crippen molar-refractivity contribution in [2.45, 2.75) is 18.1 Å². The lowest BCUT2D eigenvalue weighted by molar-refractivity contribution is -0.352. The summed E-state index contributed by atoms with van der Waals surface area (Å²) in [6.45, 7) is 0. The molecule has 0 aromatic heterocycles. The molecule has 0 aliphatic rings. The van der Waals surface area contributed by atoms with Crippen LogP contribution in [0.3, 0.4) is 0 Å². The van der Waals surface area contributed by atoms with Crippen LogP contribution in [-0.2, 0) is 0 Å². The van der Waals surface area contributed by atoms with Crippen LogP contribution in [0.25, 0.3) is 10.4 Å². The Kier molecular flexibility index (Phi) is 2.68. The van der Waals surface area contributed by atoms with Gasteiger partial charge in [-0.05, 0) is 10.6 Å². The van der Waals surface area contributed by atoms with Gasteiger partial charge >= 0.3 is 18.1 Å². The second-order valence-electron chi connectivity index (χ2n) is 1.80. The van der Waals surface area contributed by atoms with E-state index >= 15 is 0 Å². The highest BCUT2D eigenvalue weighted by Crippen LogP contribution is 2.47. The normalized spacial score (nSPS) is 13.8. The molecule has 76 valence electrons. The standard InChI is InChI=1S/C3F7N3/c4-1(5,2(6,7)8)3(9,10)12-13-11. The third-order valence-corrected chi connectivity index (χ3v) is 0.904. The molecule has 0 aliphatic heterocycles. The summed E-state index contributed by atoms with van der Waals surface area (Å²) in [5.74, 6) is -6.37. The van der Waals surface area contributed by atoms with Gasteiger partial charge in [-0.15, -0.1) is 0 Å². The van der Waals surface area contributed by atoms with Crippen molar-refractivity contribution < 1.29 is 30.7 Å². The van der Waals surface area contributed by atoms with Crippen molar-refractivity contribution in [3.63, 3.8) is 0 Å². The Morgan fingerprint density at radius 3 is 1.54 bits per heavy atom. The van der Waals surface area contributed by atoms with Gasteiger partial charge in [0.15, 0.2) is 0 Å². The van der Waals surface area contributed by atoms with E-state index in [0.29, 0.717) is 0 Å². The zero-order valence-corrected chi connectivity index (χ0v) is 5.49. The molecule has 0 aromatic rings. The van der Waals surface area contributed by atoms with Gasteiger partial charge in [0.1, 0.15) is 0 Å². The summed E-state index contributed by atoms with van der Waals surface area (Å²) < 4.78 is 80.8. The van der Waals surface area contributed by atoms with E-state index in [2.05, 4.69) is 0 Å². The third-order valence-electron chi connectivity index (χ3n) is 0.904. The molecule has 0 aromatic carbocycles. The Balaban J connectivity index is 5.14. The molecule has 0 aliphatic carbocycles. The van der Waals surface area contributed by atoms with Crippen LogP contribution in [0.15, 0.2) is 5.11 Å². The van der Waals surface area contributed by atoms with Gasteiger partial charge < -0.3 is 0 Å². The van der Waals surface area contributed by atoms with Gasteiger partial charge in [-0.25, -0.2) is 0 Å². The average molecular weight is 211 g/mol. The van der Waals surface area contributed by atoms with Crippen LogP contribution in [0.5, 0.6) is 0 Å². The van der Waals surface area contributed by atoms with Crippen molar-refractivity contribution in [3.8, 4) is 0 Å². The zero-order chi connectivity index (χ0) is 10.9. The molecule has 3 nitrogen and oxygen atoms in total. The molecule has 0 fully saturated rings. The Hall–Kier alpha value is -1.18. The maximum Gasteiger partial charge on any atom is 0.460 e. The van der Waals surface area contributed by atoms with Crippen molar-refractivity contribution in [2.24, 2.45) is 5.11 Å². The summed E-state index contributed by atoms with van der Waals surface area (Å²) >= 11 is 0. The summed E-state index contributed by atoms with van der Waals surface area (Å²) in [5.41, 5.74) is 7.31. The number of hydrogen-bond acceptors (Lipinski definition) is 1. The fraction of sp³-hybridized carbons (Fsp3) is 1.00. The summed E-state index contributed by atoms with van der Waals surface area (Å²) in [6, 6.07) is -5.82. The zero-order valence-electron chi connectivity index (χ0n) is 5.49. The van der Waals surface area contributed by atoms with Crippen LogP contribution < -0.4 is 0 Å². The van der Waals surface area contributed by atoms with E-state index < -0.39 is 18.1 Å². The minimum absolute atomic E-state index is 1.07. The number of azide groups is 1. The van der Waals surface area contributed by atoms with Gasteiger partial charge in [0.25, 0.3) is 0 Å². The molecule has 0 radical (unpaired) electrons. The van der Waals surface area contributed by atoms with Crippen molar-refractivity contribution in [2.75, 3.05) is 0 Å². The molecular formula is C3F7N3. The van der Waals surface area contributed by atoms with Crippen LogP contribution in [0.4, 0.5) is 30.7 Å². The van der Waals surface area contributed by atoms with Gasteiger partial charge in [-0.2, -0.15) is 30.7 Å². The smallest absolute Gasteiger partial charge is 0.193 e. The first-order valence-corrected chi connectivity index (χ1v) is 2.45. The van der Waals surface area contributed by atoms with Gasteiger partial charge in [-0.1, -0.05) is 0 Å². The number of hydrogen-bond donors (Lipinski definition) is 0. The minimum atomic E-state index is -6.47. The first-order chi connectivity index (χ1) is 5.56.